The van der Waals surface area contributed by atoms with Gasteiger partial charge in [-0.15, -0.1) is 0 Å². The molecule has 2 aromatic rings. The van der Waals surface area contributed by atoms with Gasteiger partial charge < -0.3 is 9.84 Å². The van der Waals surface area contributed by atoms with Crippen molar-refractivity contribution in [1.29, 1.82) is 0 Å². The lowest BCUT2D eigenvalue weighted by molar-refractivity contribution is 0.330. The van der Waals surface area contributed by atoms with E-state index >= 15 is 0 Å². The minimum atomic E-state index is 0.454. The SMILES string of the molecule is Cc1ccccc1-c1cnoc1C1CCCNC1. The first kappa shape index (κ1) is 11.5. The van der Waals surface area contributed by atoms with E-state index in [-0.39, 0.29) is 0 Å². The van der Waals surface area contributed by atoms with E-state index in [9.17, 15) is 0 Å². The molecular formula is C15H18N2O. The van der Waals surface area contributed by atoms with Gasteiger partial charge in [-0.25, -0.2) is 0 Å². The molecule has 3 nitrogen and oxygen atoms in total. The Morgan fingerprint density at radius 1 is 1.28 bits per heavy atom. The van der Waals surface area contributed by atoms with Crippen molar-refractivity contribution in [2.45, 2.75) is 25.7 Å². The molecule has 94 valence electrons. The topological polar surface area (TPSA) is 38.1 Å². The molecule has 1 aliphatic rings. The van der Waals surface area contributed by atoms with Crippen molar-refractivity contribution >= 4 is 0 Å². The van der Waals surface area contributed by atoms with Crippen molar-refractivity contribution in [3.05, 3.63) is 41.8 Å². The summed E-state index contributed by atoms with van der Waals surface area (Å²) in [5.74, 6) is 1.49. The van der Waals surface area contributed by atoms with Gasteiger partial charge in [-0.1, -0.05) is 29.4 Å². The average Bonchev–Trinajstić information content (AvgIpc) is 2.89. The van der Waals surface area contributed by atoms with Gasteiger partial charge in [0.25, 0.3) is 0 Å². The number of aromatic nitrogens is 1. The molecular weight excluding hydrogens is 224 g/mol. The molecule has 1 aromatic carbocycles. The maximum atomic E-state index is 5.52. The molecule has 3 rings (SSSR count). The van der Waals surface area contributed by atoms with E-state index in [1.165, 1.54) is 24.0 Å². The van der Waals surface area contributed by atoms with Gasteiger partial charge in [0.15, 0.2) is 0 Å². The van der Waals surface area contributed by atoms with Gasteiger partial charge in [-0.2, -0.15) is 0 Å². The molecule has 1 aliphatic heterocycles. The summed E-state index contributed by atoms with van der Waals surface area (Å²) in [5, 5.41) is 7.44. The maximum Gasteiger partial charge on any atom is 0.148 e. The second kappa shape index (κ2) is 4.94. The van der Waals surface area contributed by atoms with Crippen LogP contribution in [-0.2, 0) is 0 Å². The minimum Gasteiger partial charge on any atom is -0.360 e. The molecule has 0 aliphatic carbocycles. The van der Waals surface area contributed by atoms with Gasteiger partial charge in [-0.3, -0.25) is 0 Å². The smallest absolute Gasteiger partial charge is 0.148 e. The van der Waals surface area contributed by atoms with Crippen molar-refractivity contribution in [3.8, 4) is 11.1 Å². The molecule has 1 aromatic heterocycles. The number of nitrogens with one attached hydrogen (secondary N) is 1. The van der Waals surface area contributed by atoms with Crippen molar-refractivity contribution in [2.75, 3.05) is 13.1 Å². The van der Waals surface area contributed by atoms with Crippen LogP contribution in [0.5, 0.6) is 0 Å². The number of aryl methyl sites for hydroxylation is 1. The number of benzene rings is 1. The number of nitrogens with zero attached hydrogens (tertiary/aromatic N) is 1. The number of piperidine rings is 1. The van der Waals surface area contributed by atoms with Gasteiger partial charge in [-0.05, 0) is 37.4 Å². The Hall–Kier alpha value is -1.61. The van der Waals surface area contributed by atoms with Crippen LogP contribution < -0.4 is 5.32 Å². The average molecular weight is 242 g/mol. The third-order valence-electron chi connectivity index (χ3n) is 3.70. The highest BCUT2D eigenvalue weighted by atomic mass is 16.5. The quantitative estimate of drug-likeness (QED) is 0.879. The zero-order valence-electron chi connectivity index (χ0n) is 10.6. The first-order valence-electron chi connectivity index (χ1n) is 6.57. The van der Waals surface area contributed by atoms with Crippen LogP contribution in [0.15, 0.2) is 35.0 Å². The molecule has 0 bridgehead atoms. The summed E-state index contributed by atoms with van der Waals surface area (Å²) in [4.78, 5) is 0. The molecule has 1 saturated heterocycles. The van der Waals surface area contributed by atoms with Gasteiger partial charge in [0.05, 0.1) is 6.20 Å². The predicted octanol–water partition coefficient (Wildman–Crippen LogP) is 3.12. The fraction of sp³-hybridized carbons (Fsp3) is 0.400. The highest BCUT2D eigenvalue weighted by Gasteiger charge is 2.23. The molecule has 0 amide bonds. The molecule has 0 spiro atoms. The Kier molecular flexibility index (Phi) is 3.15. The van der Waals surface area contributed by atoms with E-state index in [0.717, 1.165) is 24.4 Å². The van der Waals surface area contributed by atoms with Crippen molar-refractivity contribution < 1.29 is 4.52 Å². The summed E-state index contributed by atoms with van der Waals surface area (Å²) >= 11 is 0. The monoisotopic (exact) mass is 242 g/mol. The van der Waals surface area contributed by atoms with Crippen LogP contribution in [0.1, 0.15) is 30.1 Å². The molecule has 18 heavy (non-hydrogen) atoms. The Morgan fingerprint density at radius 3 is 2.94 bits per heavy atom. The third kappa shape index (κ3) is 2.06. The van der Waals surface area contributed by atoms with E-state index < -0.39 is 0 Å². The number of rotatable bonds is 2. The summed E-state index contributed by atoms with van der Waals surface area (Å²) in [7, 11) is 0. The molecule has 1 N–H and O–H groups in total. The fourth-order valence-electron chi connectivity index (χ4n) is 2.70. The highest BCUT2D eigenvalue weighted by molar-refractivity contribution is 5.68. The summed E-state index contributed by atoms with van der Waals surface area (Å²) in [6.07, 6.45) is 4.24. The first-order chi connectivity index (χ1) is 8.86. The summed E-state index contributed by atoms with van der Waals surface area (Å²) in [6.45, 7) is 4.24. The molecule has 1 fully saturated rings. The van der Waals surface area contributed by atoms with Crippen molar-refractivity contribution in [1.82, 2.24) is 10.5 Å². The molecule has 0 saturated carbocycles. The second-order valence-corrected chi connectivity index (χ2v) is 4.96. The number of hydrogen-bond donors (Lipinski definition) is 1. The van der Waals surface area contributed by atoms with E-state index in [1.807, 2.05) is 6.20 Å². The van der Waals surface area contributed by atoms with Crippen LogP contribution in [0.4, 0.5) is 0 Å². The zero-order valence-corrected chi connectivity index (χ0v) is 10.6. The van der Waals surface area contributed by atoms with E-state index in [0.29, 0.717) is 5.92 Å². The Morgan fingerprint density at radius 2 is 2.17 bits per heavy atom. The van der Waals surface area contributed by atoms with Crippen LogP contribution in [0.2, 0.25) is 0 Å². The highest BCUT2D eigenvalue weighted by Crippen LogP contribution is 2.33. The molecule has 1 atom stereocenters. The van der Waals surface area contributed by atoms with Crippen LogP contribution in [0.3, 0.4) is 0 Å². The second-order valence-electron chi connectivity index (χ2n) is 4.96. The lowest BCUT2D eigenvalue weighted by Crippen LogP contribution is -2.28. The molecule has 0 radical (unpaired) electrons. The summed E-state index contributed by atoms with van der Waals surface area (Å²) in [5.41, 5.74) is 3.66. The Labute approximate surface area is 107 Å². The van der Waals surface area contributed by atoms with Gasteiger partial charge in [0.2, 0.25) is 0 Å². The maximum absolute atomic E-state index is 5.52. The minimum absolute atomic E-state index is 0.454. The lowest BCUT2D eigenvalue weighted by Gasteiger charge is -2.21. The summed E-state index contributed by atoms with van der Waals surface area (Å²) in [6, 6.07) is 8.40. The van der Waals surface area contributed by atoms with Crippen LogP contribution in [-0.4, -0.2) is 18.2 Å². The fourth-order valence-corrected chi connectivity index (χ4v) is 2.70. The third-order valence-corrected chi connectivity index (χ3v) is 3.70. The normalized spacial score (nSPS) is 19.9. The predicted molar refractivity (Wildman–Crippen MR) is 71.5 cm³/mol. The molecule has 2 heterocycles. The molecule has 3 heteroatoms. The standard InChI is InChI=1S/C15H18N2O/c1-11-5-2-3-7-13(11)14-10-17-18-15(14)12-6-4-8-16-9-12/h2-3,5,7,10,12,16H,4,6,8-9H2,1H3. The molecule has 1 unspecified atom stereocenters. The van der Waals surface area contributed by atoms with E-state index in [2.05, 4.69) is 41.7 Å². The van der Waals surface area contributed by atoms with E-state index in [4.69, 9.17) is 4.52 Å². The van der Waals surface area contributed by atoms with Gasteiger partial charge >= 0.3 is 0 Å². The summed E-state index contributed by atoms with van der Waals surface area (Å²) < 4.78 is 5.52. The van der Waals surface area contributed by atoms with Crippen LogP contribution in [0, 0.1) is 6.92 Å². The van der Waals surface area contributed by atoms with Gasteiger partial charge in [0.1, 0.15) is 5.76 Å². The number of hydrogen-bond acceptors (Lipinski definition) is 3. The van der Waals surface area contributed by atoms with Gasteiger partial charge in [0, 0.05) is 18.0 Å². The van der Waals surface area contributed by atoms with Crippen molar-refractivity contribution in [2.24, 2.45) is 0 Å². The van der Waals surface area contributed by atoms with Crippen LogP contribution >= 0.6 is 0 Å². The zero-order chi connectivity index (χ0) is 12.4. The Bertz CT molecular complexity index is 527. The van der Waals surface area contributed by atoms with Crippen LogP contribution in [0.25, 0.3) is 11.1 Å². The lowest BCUT2D eigenvalue weighted by atomic mass is 9.91. The first-order valence-corrected chi connectivity index (χ1v) is 6.57. The Balaban J connectivity index is 1.98. The largest absolute Gasteiger partial charge is 0.360 e. The van der Waals surface area contributed by atoms with Crippen molar-refractivity contribution in [3.63, 3.8) is 0 Å². The van der Waals surface area contributed by atoms with E-state index in [1.54, 1.807) is 0 Å².